The van der Waals surface area contributed by atoms with E-state index in [0.717, 1.165) is 12.8 Å². The molecule has 0 fully saturated rings. The molecule has 0 heterocycles. The predicted octanol–water partition coefficient (Wildman–Crippen LogP) is 1.88. The lowest BCUT2D eigenvalue weighted by molar-refractivity contribution is -0.128. The molecule has 3 heteroatoms. The third-order valence-corrected chi connectivity index (χ3v) is 1.74. The molecular weight excluding hydrogens is 154 g/mol. The number of nitriles is 1. The van der Waals surface area contributed by atoms with Gasteiger partial charge in [0.15, 0.2) is 0 Å². The first-order chi connectivity index (χ1) is 5.62. The molecule has 0 aromatic heterocycles. The Morgan fingerprint density at radius 2 is 2.25 bits per heavy atom. The van der Waals surface area contributed by atoms with Crippen LogP contribution >= 0.6 is 0 Å². The third-order valence-electron chi connectivity index (χ3n) is 1.74. The largest absolute Gasteiger partial charge is 0.468 e. The average molecular weight is 169 g/mol. The minimum Gasteiger partial charge on any atom is -0.468 e. The van der Waals surface area contributed by atoms with Gasteiger partial charge in [-0.2, -0.15) is 5.26 Å². The number of hydrogen-bond donors (Lipinski definition) is 0. The Morgan fingerprint density at radius 1 is 1.58 bits per heavy atom. The summed E-state index contributed by atoms with van der Waals surface area (Å²) in [5.41, 5.74) is 0.0427. The highest BCUT2D eigenvalue weighted by molar-refractivity contribution is 5.36. The monoisotopic (exact) mass is 169 g/mol. The van der Waals surface area contributed by atoms with E-state index in [1.165, 1.54) is 0 Å². The van der Waals surface area contributed by atoms with Gasteiger partial charge in [-0.15, -0.1) is 0 Å². The molecule has 0 aromatic rings. The predicted molar refractivity (Wildman–Crippen MR) is 45.3 cm³/mol. The molecule has 0 N–H and O–H groups in total. The molecule has 12 heavy (non-hydrogen) atoms. The molecule has 3 nitrogen and oxygen atoms in total. The zero-order valence-corrected chi connectivity index (χ0v) is 7.67. The molecule has 0 atom stereocenters. The minimum absolute atomic E-state index is 0.0427. The Balaban J connectivity index is 3.48. The summed E-state index contributed by atoms with van der Waals surface area (Å²) in [5.74, 6) is 0. The van der Waals surface area contributed by atoms with Gasteiger partial charge in [-0.1, -0.05) is 13.8 Å². The maximum atomic E-state index is 9.78. The summed E-state index contributed by atoms with van der Waals surface area (Å²) in [4.78, 5) is 9.78. The lowest BCUT2D eigenvalue weighted by Crippen LogP contribution is -2.11. The Kier molecular flexibility index (Phi) is 5.11. The quantitative estimate of drug-likeness (QED) is 0.450. The standard InChI is InChI=1S/C9H15NO2/c1-9(2,5-6-10)4-3-7-12-8-11/h8H,3-5,7H2,1-2H3. The van der Waals surface area contributed by atoms with Gasteiger partial charge in [0.05, 0.1) is 12.7 Å². The number of rotatable bonds is 6. The van der Waals surface area contributed by atoms with E-state index >= 15 is 0 Å². The van der Waals surface area contributed by atoms with E-state index in [4.69, 9.17) is 5.26 Å². The second-order valence-corrected chi connectivity index (χ2v) is 3.57. The molecule has 0 rings (SSSR count). The van der Waals surface area contributed by atoms with E-state index in [2.05, 4.69) is 10.8 Å². The highest BCUT2D eigenvalue weighted by Crippen LogP contribution is 2.25. The van der Waals surface area contributed by atoms with Crippen molar-refractivity contribution in [3.63, 3.8) is 0 Å². The lowest BCUT2D eigenvalue weighted by atomic mass is 9.85. The summed E-state index contributed by atoms with van der Waals surface area (Å²) in [5, 5.41) is 8.47. The van der Waals surface area contributed by atoms with Gasteiger partial charge in [0, 0.05) is 6.42 Å². The fourth-order valence-electron chi connectivity index (χ4n) is 0.985. The first-order valence-corrected chi connectivity index (χ1v) is 4.04. The van der Waals surface area contributed by atoms with Crippen LogP contribution in [-0.2, 0) is 9.53 Å². The SMILES string of the molecule is CC(C)(CC#N)CCCOC=O. The van der Waals surface area contributed by atoms with E-state index in [1.807, 2.05) is 13.8 Å². The van der Waals surface area contributed by atoms with E-state index < -0.39 is 0 Å². The Hall–Kier alpha value is -1.04. The molecule has 0 aliphatic carbocycles. The van der Waals surface area contributed by atoms with Gasteiger partial charge >= 0.3 is 0 Å². The minimum atomic E-state index is 0.0427. The van der Waals surface area contributed by atoms with Crippen LogP contribution in [0.4, 0.5) is 0 Å². The van der Waals surface area contributed by atoms with Crippen LogP contribution in [0, 0.1) is 16.7 Å². The van der Waals surface area contributed by atoms with Gasteiger partial charge in [-0.05, 0) is 18.3 Å². The van der Waals surface area contributed by atoms with Gasteiger partial charge in [-0.3, -0.25) is 4.79 Å². The fourth-order valence-corrected chi connectivity index (χ4v) is 0.985. The number of ether oxygens (including phenoxy) is 1. The molecule has 0 radical (unpaired) electrons. The maximum Gasteiger partial charge on any atom is 0.293 e. The van der Waals surface area contributed by atoms with Crippen LogP contribution in [0.3, 0.4) is 0 Å². The summed E-state index contributed by atoms with van der Waals surface area (Å²) in [6.07, 6.45) is 2.29. The van der Waals surface area contributed by atoms with Crippen LogP contribution in [0.5, 0.6) is 0 Å². The van der Waals surface area contributed by atoms with E-state index in [0.29, 0.717) is 19.5 Å². The van der Waals surface area contributed by atoms with Gasteiger partial charge in [0.1, 0.15) is 0 Å². The van der Waals surface area contributed by atoms with Crippen LogP contribution in [0.1, 0.15) is 33.1 Å². The maximum absolute atomic E-state index is 9.78. The van der Waals surface area contributed by atoms with Crippen molar-refractivity contribution in [1.29, 1.82) is 5.26 Å². The second kappa shape index (κ2) is 5.59. The highest BCUT2D eigenvalue weighted by atomic mass is 16.5. The van der Waals surface area contributed by atoms with Gasteiger partial charge in [-0.25, -0.2) is 0 Å². The van der Waals surface area contributed by atoms with Crippen LogP contribution in [-0.4, -0.2) is 13.1 Å². The van der Waals surface area contributed by atoms with Gasteiger partial charge < -0.3 is 4.74 Å². The molecule has 0 aliphatic rings. The molecule has 0 spiro atoms. The molecule has 0 bridgehead atoms. The lowest BCUT2D eigenvalue weighted by Gasteiger charge is -2.20. The van der Waals surface area contributed by atoms with Crippen molar-refractivity contribution >= 4 is 6.47 Å². The summed E-state index contributed by atoms with van der Waals surface area (Å²) < 4.78 is 4.54. The van der Waals surface area contributed by atoms with Crippen LogP contribution in [0.2, 0.25) is 0 Å². The molecule has 0 aromatic carbocycles. The van der Waals surface area contributed by atoms with E-state index in [9.17, 15) is 4.79 Å². The van der Waals surface area contributed by atoms with Gasteiger partial charge in [0.25, 0.3) is 6.47 Å². The number of carbonyl (C=O) groups excluding carboxylic acids is 1. The van der Waals surface area contributed by atoms with Crippen molar-refractivity contribution in [1.82, 2.24) is 0 Å². The molecule has 68 valence electrons. The highest BCUT2D eigenvalue weighted by Gasteiger charge is 2.16. The number of carbonyl (C=O) groups is 1. The van der Waals surface area contributed by atoms with Crippen LogP contribution < -0.4 is 0 Å². The smallest absolute Gasteiger partial charge is 0.293 e. The molecule has 0 unspecified atom stereocenters. The van der Waals surface area contributed by atoms with Crippen molar-refractivity contribution < 1.29 is 9.53 Å². The first-order valence-electron chi connectivity index (χ1n) is 4.04. The zero-order valence-electron chi connectivity index (χ0n) is 7.67. The molecular formula is C9H15NO2. The Morgan fingerprint density at radius 3 is 2.75 bits per heavy atom. The van der Waals surface area contributed by atoms with Gasteiger partial charge in [0.2, 0.25) is 0 Å². The van der Waals surface area contributed by atoms with Crippen LogP contribution in [0.25, 0.3) is 0 Å². The zero-order chi connectivity index (χ0) is 9.45. The van der Waals surface area contributed by atoms with Crippen molar-refractivity contribution in [2.24, 2.45) is 5.41 Å². The summed E-state index contributed by atoms with van der Waals surface area (Å²) >= 11 is 0. The molecule has 0 aliphatic heterocycles. The average Bonchev–Trinajstić information content (AvgIpc) is 1.98. The van der Waals surface area contributed by atoms with Crippen LogP contribution in [0.15, 0.2) is 0 Å². The number of nitrogens with zero attached hydrogens (tertiary/aromatic N) is 1. The molecule has 0 saturated carbocycles. The molecule has 0 amide bonds. The topological polar surface area (TPSA) is 50.1 Å². The second-order valence-electron chi connectivity index (χ2n) is 3.57. The van der Waals surface area contributed by atoms with Crippen molar-refractivity contribution in [2.75, 3.05) is 6.61 Å². The first kappa shape index (κ1) is 11.0. The van der Waals surface area contributed by atoms with E-state index in [-0.39, 0.29) is 5.41 Å². The third kappa shape index (κ3) is 5.72. The van der Waals surface area contributed by atoms with Crippen molar-refractivity contribution in [2.45, 2.75) is 33.1 Å². The summed E-state index contributed by atoms with van der Waals surface area (Å²) in [7, 11) is 0. The molecule has 0 saturated heterocycles. The van der Waals surface area contributed by atoms with Crippen molar-refractivity contribution in [3.8, 4) is 6.07 Å². The van der Waals surface area contributed by atoms with Crippen molar-refractivity contribution in [3.05, 3.63) is 0 Å². The number of hydrogen-bond acceptors (Lipinski definition) is 3. The normalized spacial score (nSPS) is 10.4. The summed E-state index contributed by atoms with van der Waals surface area (Å²) in [6, 6.07) is 2.14. The summed E-state index contributed by atoms with van der Waals surface area (Å²) in [6.45, 7) is 4.99. The Labute approximate surface area is 73.3 Å². The van der Waals surface area contributed by atoms with E-state index in [1.54, 1.807) is 0 Å². The fraction of sp³-hybridized carbons (Fsp3) is 0.778. The Bertz CT molecular complexity index is 170.